The molecule has 0 amide bonds. The van der Waals surface area contributed by atoms with Gasteiger partial charge in [-0.05, 0) is 36.8 Å². The number of nitrogens with one attached hydrogen (secondary N) is 1. The third-order valence-corrected chi connectivity index (χ3v) is 6.28. The highest BCUT2D eigenvalue weighted by molar-refractivity contribution is 7.89. The first-order valence-corrected chi connectivity index (χ1v) is 10.8. The number of ether oxygens (including phenoxy) is 3. The molecule has 1 atom stereocenters. The normalized spacial score (nSPS) is 12.3. The zero-order chi connectivity index (χ0) is 21.6. The Morgan fingerprint density at radius 2 is 1.72 bits per heavy atom. The second-order valence-electron chi connectivity index (χ2n) is 5.85. The summed E-state index contributed by atoms with van der Waals surface area (Å²) < 4.78 is 43.9. The van der Waals surface area contributed by atoms with Crippen LogP contribution in [0, 0.1) is 0 Å². The van der Waals surface area contributed by atoms with Crippen LogP contribution >= 0.6 is 23.2 Å². The zero-order valence-electron chi connectivity index (χ0n) is 16.1. The van der Waals surface area contributed by atoms with E-state index in [0.717, 1.165) is 0 Å². The number of carbonyl (C=O) groups is 1. The lowest BCUT2D eigenvalue weighted by atomic mass is 10.0. The number of hydrogen-bond acceptors (Lipinski definition) is 6. The van der Waals surface area contributed by atoms with E-state index >= 15 is 0 Å². The van der Waals surface area contributed by atoms with Gasteiger partial charge in [-0.3, -0.25) is 4.79 Å². The van der Waals surface area contributed by atoms with E-state index in [2.05, 4.69) is 4.72 Å². The highest BCUT2D eigenvalue weighted by Crippen LogP contribution is 2.38. The molecule has 29 heavy (non-hydrogen) atoms. The van der Waals surface area contributed by atoms with Crippen molar-refractivity contribution in [3.8, 4) is 11.5 Å². The summed E-state index contributed by atoms with van der Waals surface area (Å²) >= 11 is 12.0. The quantitative estimate of drug-likeness (QED) is 0.567. The number of rotatable bonds is 9. The molecule has 158 valence electrons. The fraction of sp³-hybridized carbons (Fsp3) is 0.316. The molecule has 10 heteroatoms. The van der Waals surface area contributed by atoms with Crippen LogP contribution in [0.5, 0.6) is 11.5 Å². The van der Waals surface area contributed by atoms with Crippen LogP contribution in [0.2, 0.25) is 10.0 Å². The molecule has 0 aliphatic rings. The van der Waals surface area contributed by atoms with Crippen LogP contribution in [0.25, 0.3) is 0 Å². The van der Waals surface area contributed by atoms with Crippen LogP contribution in [0.3, 0.4) is 0 Å². The molecule has 0 aliphatic heterocycles. The molecule has 0 saturated carbocycles. The Hall–Kier alpha value is -2.00. The lowest BCUT2D eigenvalue weighted by Crippen LogP contribution is -2.31. The van der Waals surface area contributed by atoms with Gasteiger partial charge in [0.15, 0.2) is 5.75 Å². The number of sulfonamides is 1. The summed E-state index contributed by atoms with van der Waals surface area (Å²) in [6.07, 6.45) is -0.205. The van der Waals surface area contributed by atoms with E-state index in [1.807, 2.05) is 0 Å². The minimum absolute atomic E-state index is 0.0246. The van der Waals surface area contributed by atoms with E-state index in [-0.39, 0.29) is 33.7 Å². The average Bonchev–Trinajstić information content (AvgIpc) is 2.69. The van der Waals surface area contributed by atoms with E-state index < -0.39 is 22.0 Å². The van der Waals surface area contributed by atoms with Gasteiger partial charge in [-0.1, -0.05) is 35.3 Å². The minimum atomic E-state index is -4.12. The summed E-state index contributed by atoms with van der Waals surface area (Å²) in [5.74, 6) is -0.0361. The third-order valence-electron chi connectivity index (χ3n) is 4.00. The average molecular weight is 462 g/mol. The molecule has 1 N–H and O–H groups in total. The van der Waals surface area contributed by atoms with Crippen LogP contribution in [0.4, 0.5) is 0 Å². The summed E-state index contributed by atoms with van der Waals surface area (Å²) in [6.45, 7) is 1.85. The van der Waals surface area contributed by atoms with Crippen molar-refractivity contribution >= 4 is 39.2 Å². The van der Waals surface area contributed by atoms with Gasteiger partial charge in [-0.15, -0.1) is 0 Å². The van der Waals surface area contributed by atoms with Crippen molar-refractivity contribution in [2.75, 3.05) is 20.8 Å². The van der Waals surface area contributed by atoms with Crippen molar-refractivity contribution in [3.63, 3.8) is 0 Å². The molecule has 1 unspecified atom stereocenters. The number of benzene rings is 2. The van der Waals surface area contributed by atoms with Crippen molar-refractivity contribution in [1.82, 2.24) is 4.72 Å². The maximum atomic E-state index is 13.1. The van der Waals surface area contributed by atoms with Crippen LogP contribution in [0.15, 0.2) is 41.3 Å². The van der Waals surface area contributed by atoms with Crippen molar-refractivity contribution in [2.45, 2.75) is 24.3 Å². The van der Waals surface area contributed by atoms with Crippen LogP contribution in [-0.2, 0) is 19.6 Å². The van der Waals surface area contributed by atoms with Gasteiger partial charge in [-0.25, -0.2) is 13.1 Å². The summed E-state index contributed by atoms with van der Waals surface area (Å²) in [5.41, 5.74) is 0.557. The summed E-state index contributed by atoms with van der Waals surface area (Å²) in [7, 11) is -1.32. The number of carbonyl (C=O) groups excluding carboxylic acids is 1. The standard InChI is InChI=1S/C19H21Cl2NO6S/c1-4-28-17(23)11-15(12-5-7-13(26-2)8-6-12)22-29(24,25)16-10-9-14(20)18(21)19(16)27-3/h5-10,15,22H,4,11H2,1-3H3. The predicted molar refractivity (Wildman–Crippen MR) is 110 cm³/mol. The van der Waals surface area contributed by atoms with Gasteiger partial charge in [-0.2, -0.15) is 0 Å². The summed E-state index contributed by atoms with van der Waals surface area (Å²) in [5, 5.41) is 0.129. The second-order valence-corrected chi connectivity index (χ2v) is 8.32. The van der Waals surface area contributed by atoms with Crippen molar-refractivity contribution in [2.24, 2.45) is 0 Å². The molecule has 0 aliphatic carbocycles. The fourth-order valence-electron chi connectivity index (χ4n) is 2.62. The largest absolute Gasteiger partial charge is 0.497 e. The van der Waals surface area contributed by atoms with Crippen LogP contribution < -0.4 is 14.2 Å². The van der Waals surface area contributed by atoms with Gasteiger partial charge in [0.2, 0.25) is 10.0 Å². The molecule has 0 radical (unpaired) electrons. The monoisotopic (exact) mass is 461 g/mol. The molecule has 0 aromatic heterocycles. The van der Waals surface area contributed by atoms with Crippen molar-refractivity contribution in [1.29, 1.82) is 0 Å². The van der Waals surface area contributed by atoms with Gasteiger partial charge in [0.05, 0.1) is 38.3 Å². The van der Waals surface area contributed by atoms with Crippen LogP contribution in [-0.4, -0.2) is 35.2 Å². The Morgan fingerprint density at radius 1 is 1.07 bits per heavy atom. The molecule has 0 spiro atoms. The maximum Gasteiger partial charge on any atom is 0.307 e. The van der Waals surface area contributed by atoms with Gasteiger partial charge >= 0.3 is 5.97 Å². The zero-order valence-corrected chi connectivity index (χ0v) is 18.4. The minimum Gasteiger partial charge on any atom is -0.497 e. The van der Waals surface area contributed by atoms with Gasteiger partial charge in [0.25, 0.3) is 0 Å². The van der Waals surface area contributed by atoms with E-state index in [1.165, 1.54) is 26.4 Å². The Kier molecular flexibility index (Phi) is 8.15. The van der Waals surface area contributed by atoms with E-state index in [9.17, 15) is 13.2 Å². The number of esters is 1. The smallest absolute Gasteiger partial charge is 0.307 e. The Morgan fingerprint density at radius 3 is 2.28 bits per heavy atom. The highest BCUT2D eigenvalue weighted by atomic mass is 35.5. The molecule has 0 fully saturated rings. The Bertz CT molecular complexity index is 963. The highest BCUT2D eigenvalue weighted by Gasteiger charge is 2.28. The topological polar surface area (TPSA) is 90.9 Å². The molecule has 2 aromatic carbocycles. The third kappa shape index (κ3) is 5.76. The number of halogens is 2. The summed E-state index contributed by atoms with van der Waals surface area (Å²) in [4.78, 5) is 11.9. The van der Waals surface area contributed by atoms with E-state index in [4.69, 9.17) is 37.4 Å². The second kappa shape index (κ2) is 10.2. The Labute approximate surface area is 179 Å². The first kappa shape index (κ1) is 23.3. The molecule has 7 nitrogen and oxygen atoms in total. The molecular weight excluding hydrogens is 441 g/mol. The van der Waals surface area contributed by atoms with Gasteiger partial charge < -0.3 is 14.2 Å². The van der Waals surface area contributed by atoms with E-state index in [0.29, 0.717) is 11.3 Å². The maximum absolute atomic E-state index is 13.1. The number of methoxy groups -OCH3 is 2. The lowest BCUT2D eigenvalue weighted by molar-refractivity contribution is -0.143. The summed E-state index contributed by atoms with van der Waals surface area (Å²) in [6, 6.07) is 8.42. The van der Waals surface area contributed by atoms with E-state index in [1.54, 1.807) is 31.2 Å². The number of hydrogen-bond donors (Lipinski definition) is 1. The lowest BCUT2D eigenvalue weighted by Gasteiger charge is -2.20. The predicted octanol–water partition coefficient (Wildman–Crippen LogP) is 3.98. The molecule has 0 saturated heterocycles. The van der Waals surface area contributed by atoms with Crippen LogP contribution in [0.1, 0.15) is 24.9 Å². The molecular formula is C19H21Cl2NO6S. The first-order valence-electron chi connectivity index (χ1n) is 8.57. The molecule has 2 rings (SSSR count). The Balaban J connectivity index is 2.43. The van der Waals surface area contributed by atoms with Gasteiger partial charge in [0.1, 0.15) is 15.7 Å². The van der Waals surface area contributed by atoms with Crippen molar-refractivity contribution in [3.05, 3.63) is 52.0 Å². The van der Waals surface area contributed by atoms with Gasteiger partial charge in [0, 0.05) is 0 Å². The van der Waals surface area contributed by atoms with Crippen molar-refractivity contribution < 1.29 is 27.4 Å². The first-order chi connectivity index (χ1) is 13.7. The SMILES string of the molecule is CCOC(=O)CC(NS(=O)(=O)c1ccc(Cl)c(Cl)c1OC)c1ccc(OC)cc1. The fourth-order valence-corrected chi connectivity index (χ4v) is 4.46. The molecule has 0 bridgehead atoms. The molecule has 2 aromatic rings. The molecule has 0 heterocycles.